The van der Waals surface area contributed by atoms with Gasteiger partial charge in [0.25, 0.3) is 5.91 Å². The molecule has 1 N–H and O–H groups in total. The number of para-hydroxylation sites is 1. The van der Waals surface area contributed by atoms with Crippen LogP contribution < -0.4 is 10.1 Å². The molecule has 0 unspecified atom stereocenters. The number of methoxy groups -OCH3 is 1. The van der Waals surface area contributed by atoms with Gasteiger partial charge in [-0.3, -0.25) is 9.59 Å². The number of nitrogens with one attached hydrogen (secondary N) is 1. The summed E-state index contributed by atoms with van der Waals surface area (Å²) in [4.78, 5) is 26.2. The molecule has 150 valence electrons. The van der Waals surface area contributed by atoms with Crippen LogP contribution in [0, 0.1) is 0 Å². The zero-order valence-corrected chi connectivity index (χ0v) is 17.0. The molecule has 0 saturated heterocycles. The van der Waals surface area contributed by atoms with E-state index in [1.54, 1.807) is 38.4 Å². The molecule has 2 amide bonds. The van der Waals surface area contributed by atoms with Crippen LogP contribution in [0.5, 0.6) is 5.75 Å². The normalized spacial score (nSPS) is 11.0. The molecule has 0 aliphatic heterocycles. The number of carbonyl (C=O) groups excluding carboxylic acids is 2. The van der Waals surface area contributed by atoms with Gasteiger partial charge in [0, 0.05) is 43.1 Å². The third-order valence-corrected chi connectivity index (χ3v) is 4.54. The molecule has 6 nitrogen and oxygen atoms in total. The van der Waals surface area contributed by atoms with Crippen LogP contribution in [0.25, 0.3) is 17.0 Å². The van der Waals surface area contributed by atoms with E-state index in [-0.39, 0.29) is 11.8 Å². The van der Waals surface area contributed by atoms with Gasteiger partial charge in [0.2, 0.25) is 5.91 Å². The second kappa shape index (κ2) is 8.65. The maximum atomic E-state index is 12.5. The number of rotatable bonds is 6. The number of hydrogen-bond donors (Lipinski definition) is 1. The lowest BCUT2D eigenvalue weighted by atomic mass is 10.1. The molecule has 0 saturated carbocycles. The number of amides is 2. The van der Waals surface area contributed by atoms with Gasteiger partial charge < -0.3 is 19.4 Å². The Morgan fingerprint density at radius 1 is 1.17 bits per heavy atom. The zero-order chi connectivity index (χ0) is 21.0. The lowest BCUT2D eigenvalue weighted by Crippen LogP contribution is -2.22. The molecule has 0 atom stereocenters. The van der Waals surface area contributed by atoms with Crippen LogP contribution in [0.3, 0.4) is 0 Å². The molecule has 2 aromatic carbocycles. The van der Waals surface area contributed by atoms with E-state index in [1.165, 1.54) is 18.1 Å². The van der Waals surface area contributed by atoms with Crippen LogP contribution in [-0.2, 0) is 11.2 Å². The average Bonchev–Trinajstić information content (AvgIpc) is 3.09. The van der Waals surface area contributed by atoms with E-state index in [4.69, 9.17) is 9.15 Å². The second-order valence-electron chi connectivity index (χ2n) is 6.73. The maximum Gasteiger partial charge on any atom is 0.253 e. The van der Waals surface area contributed by atoms with Crippen LogP contribution in [0.2, 0.25) is 0 Å². The summed E-state index contributed by atoms with van der Waals surface area (Å²) in [5.74, 6) is 0.817. The van der Waals surface area contributed by atoms with Crippen molar-refractivity contribution < 1.29 is 18.7 Å². The van der Waals surface area contributed by atoms with Gasteiger partial charge in [-0.15, -0.1) is 0 Å². The van der Waals surface area contributed by atoms with Crippen molar-refractivity contribution in [2.24, 2.45) is 0 Å². The number of benzene rings is 2. The quantitative estimate of drug-likeness (QED) is 0.633. The van der Waals surface area contributed by atoms with Gasteiger partial charge in [0.1, 0.15) is 17.1 Å². The van der Waals surface area contributed by atoms with Gasteiger partial charge in [-0.2, -0.15) is 0 Å². The van der Waals surface area contributed by atoms with Crippen LogP contribution in [0.15, 0.2) is 53.0 Å². The van der Waals surface area contributed by atoms with Crippen molar-refractivity contribution in [2.45, 2.75) is 13.3 Å². The molecule has 0 spiro atoms. The number of ether oxygens (including phenoxy) is 1. The van der Waals surface area contributed by atoms with Crippen molar-refractivity contribution in [2.75, 3.05) is 26.5 Å². The molecular formula is C23H24N2O4. The summed E-state index contributed by atoms with van der Waals surface area (Å²) >= 11 is 0. The first-order chi connectivity index (χ1) is 13.9. The molecule has 0 aliphatic carbocycles. The highest BCUT2D eigenvalue weighted by Gasteiger charge is 2.14. The third kappa shape index (κ3) is 4.32. The van der Waals surface area contributed by atoms with Crippen molar-refractivity contribution >= 4 is 34.5 Å². The van der Waals surface area contributed by atoms with E-state index in [0.717, 1.165) is 28.7 Å². The fourth-order valence-corrected chi connectivity index (χ4v) is 3.09. The van der Waals surface area contributed by atoms with Crippen LogP contribution in [0.1, 0.15) is 28.6 Å². The summed E-state index contributed by atoms with van der Waals surface area (Å²) in [7, 11) is 4.86. The average molecular weight is 392 g/mol. The molecule has 0 radical (unpaired) electrons. The minimum atomic E-state index is -0.329. The molecule has 6 heteroatoms. The second-order valence-corrected chi connectivity index (χ2v) is 6.73. The molecule has 3 rings (SSSR count). The Morgan fingerprint density at radius 2 is 1.93 bits per heavy atom. The molecule has 0 fully saturated rings. The summed E-state index contributed by atoms with van der Waals surface area (Å²) in [6.07, 6.45) is 3.93. The van der Waals surface area contributed by atoms with Crippen molar-refractivity contribution in [3.05, 3.63) is 65.4 Å². The number of furan rings is 1. The fraction of sp³-hybridized carbons (Fsp3) is 0.217. The van der Waals surface area contributed by atoms with Crippen LogP contribution in [-0.4, -0.2) is 37.9 Å². The molecule has 0 aliphatic rings. The predicted molar refractivity (Wildman–Crippen MR) is 114 cm³/mol. The summed E-state index contributed by atoms with van der Waals surface area (Å²) in [5, 5.41) is 3.75. The minimum Gasteiger partial charge on any atom is -0.495 e. The monoisotopic (exact) mass is 392 g/mol. The van der Waals surface area contributed by atoms with Crippen LogP contribution in [0.4, 0.5) is 5.69 Å². The topological polar surface area (TPSA) is 71.8 Å². The van der Waals surface area contributed by atoms with E-state index in [1.807, 2.05) is 31.2 Å². The molecule has 0 bridgehead atoms. The molecule has 1 heterocycles. The third-order valence-electron chi connectivity index (χ3n) is 4.54. The van der Waals surface area contributed by atoms with Gasteiger partial charge in [-0.25, -0.2) is 0 Å². The minimum absolute atomic E-state index is 0.156. The molecule has 3 aromatic rings. The first-order valence-electron chi connectivity index (χ1n) is 9.33. The first-order valence-corrected chi connectivity index (χ1v) is 9.33. The van der Waals surface area contributed by atoms with Gasteiger partial charge in [-0.1, -0.05) is 25.1 Å². The number of aryl methyl sites for hydroxylation is 1. The Labute approximate surface area is 169 Å². The molecule has 1 aromatic heterocycles. The Morgan fingerprint density at radius 3 is 2.62 bits per heavy atom. The SMILES string of the molecule is CCc1oc2ccccc2c1/C=C/C(=O)Nc1cc(C(=O)N(C)C)ccc1OC. The Hall–Kier alpha value is -3.54. The van der Waals surface area contributed by atoms with Crippen molar-refractivity contribution in [3.63, 3.8) is 0 Å². The Balaban J connectivity index is 1.86. The maximum absolute atomic E-state index is 12.5. The highest BCUT2D eigenvalue weighted by molar-refractivity contribution is 6.05. The van der Waals surface area contributed by atoms with Gasteiger partial charge in [0.05, 0.1) is 12.8 Å². The van der Waals surface area contributed by atoms with Crippen molar-refractivity contribution in [1.82, 2.24) is 4.90 Å². The standard InChI is InChI=1S/C23H24N2O4/c1-5-19-17(16-8-6-7-9-20(16)29-19)11-13-22(26)24-18-14-15(23(27)25(2)3)10-12-21(18)28-4/h6-14H,5H2,1-4H3,(H,24,26)/b13-11+. The largest absolute Gasteiger partial charge is 0.495 e. The number of anilines is 1. The van der Waals surface area contributed by atoms with E-state index in [0.29, 0.717) is 17.0 Å². The van der Waals surface area contributed by atoms with Gasteiger partial charge >= 0.3 is 0 Å². The zero-order valence-electron chi connectivity index (χ0n) is 17.0. The number of nitrogens with zero attached hydrogens (tertiary/aromatic N) is 1. The first kappa shape index (κ1) is 20.2. The summed E-state index contributed by atoms with van der Waals surface area (Å²) in [6, 6.07) is 12.7. The lowest BCUT2D eigenvalue weighted by molar-refractivity contribution is -0.111. The predicted octanol–water partition coefficient (Wildman–Crippen LogP) is 4.36. The summed E-state index contributed by atoms with van der Waals surface area (Å²) in [5.41, 5.74) is 2.58. The highest BCUT2D eigenvalue weighted by Crippen LogP contribution is 2.28. The van der Waals surface area contributed by atoms with E-state index in [9.17, 15) is 9.59 Å². The van der Waals surface area contributed by atoms with Crippen molar-refractivity contribution in [1.29, 1.82) is 0 Å². The fourth-order valence-electron chi connectivity index (χ4n) is 3.09. The highest BCUT2D eigenvalue weighted by atomic mass is 16.5. The Bertz CT molecular complexity index is 1080. The Kier molecular flexibility index (Phi) is 6.02. The van der Waals surface area contributed by atoms with Crippen LogP contribution >= 0.6 is 0 Å². The van der Waals surface area contributed by atoms with Gasteiger partial charge in [-0.05, 0) is 30.3 Å². The van der Waals surface area contributed by atoms with Crippen molar-refractivity contribution in [3.8, 4) is 5.75 Å². The molecular weight excluding hydrogens is 368 g/mol. The lowest BCUT2D eigenvalue weighted by Gasteiger charge is -2.14. The summed E-state index contributed by atoms with van der Waals surface area (Å²) < 4.78 is 11.2. The summed E-state index contributed by atoms with van der Waals surface area (Å²) in [6.45, 7) is 2.01. The van der Waals surface area contributed by atoms with Gasteiger partial charge in [0.15, 0.2) is 0 Å². The smallest absolute Gasteiger partial charge is 0.253 e. The number of fused-ring (bicyclic) bond motifs is 1. The molecule has 29 heavy (non-hydrogen) atoms. The van der Waals surface area contributed by atoms with E-state index in [2.05, 4.69) is 5.32 Å². The van der Waals surface area contributed by atoms with E-state index >= 15 is 0 Å². The van der Waals surface area contributed by atoms with E-state index < -0.39 is 0 Å². The number of carbonyl (C=O) groups is 2. The number of hydrogen-bond acceptors (Lipinski definition) is 4.